The number of fused-ring (bicyclic) bond motifs is 1. The highest BCUT2D eigenvalue weighted by Gasteiger charge is 2.23. The number of hydrogen-bond acceptors (Lipinski definition) is 1. The number of aromatic nitrogens is 2. The SMILES string of the molecule is CC(Cn1c(CCl)nc2cccc(Cl)c21)C(C)(C)C. The number of halogens is 2. The van der Waals surface area contributed by atoms with Crippen LogP contribution in [0, 0.1) is 11.3 Å². The zero-order valence-corrected chi connectivity index (χ0v) is 13.4. The van der Waals surface area contributed by atoms with Crippen molar-refractivity contribution in [3.8, 4) is 0 Å². The first-order valence-electron chi connectivity index (χ1n) is 6.54. The second-order valence-electron chi connectivity index (χ2n) is 6.15. The van der Waals surface area contributed by atoms with Crippen LogP contribution in [0.4, 0.5) is 0 Å². The molecule has 0 aliphatic carbocycles. The lowest BCUT2D eigenvalue weighted by Gasteiger charge is -2.28. The van der Waals surface area contributed by atoms with Crippen LogP contribution in [0.5, 0.6) is 0 Å². The maximum Gasteiger partial charge on any atom is 0.124 e. The number of para-hydroxylation sites is 1. The number of benzene rings is 1. The molecule has 0 saturated heterocycles. The molecule has 1 aromatic carbocycles. The van der Waals surface area contributed by atoms with Crippen molar-refractivity contribution >= 4 is 34.2 Å². The van der Waals surface area contributed by atoms with E-state index in [1.807, 2.05) is 18.2 Å². The topological polar surface area (TPSA) is 17.8 Å². The summed E-state index contributed by atoms with van der Waals surface area (Å²) in [6, 6.07) is 5.81. The van der Waals surface area contributed by atoms with Crippen molar-refractivity contribution in [2.45, 2.75) is 40.1 Å². The smallest absolute Gasteiger partial charge is 0.124 e. The molecule has 0 radical (unpaired) electrons. The Hall–Kier alpha value is -0.730. The van der Waals surface area contributed by atoms with Crippen LogP contribution < -0.4 is 0 Å². The van der Waals surface area contributed by atoms with Crippen LogP contribution >= 0.6 is 23.2 Å². The zero-order chi connectivity index (χ0) is 14.2. The van der Waals surface area contributed by atoms with Crippen molar-refractivity contribution in [3.05, 3.63) is 29.0 Å². The van der Waals surface area contributed by atoms with Gasteiger partial charge in [-0.2, -0.15) is 0 Å². The Labute approximate surface area is 124 Å². The summed E-state index contributed by atoms with van der Waals surface area (Å²) in [6.45, 7) is 9.88. The summed E-state index contributed by atoms with van der Waals surface area (Å²) in [5.41, 5.74) is 2.15. The maximum atomic E-state index is 6.33. The van der Waals surface area contributed by atoms with Gasteiger partial charge in [-0.25, -0.2) is 4.98 Å². The Morgan fingerprint density at radius 1 is 1.32 bits per heavy atom. The molecule has 2 nitrogen and oxygen atoms in total. The number of nitrogens with zero attached hydrogens (tertiary/aromatic N) is 2. The van der Waals surface area contributed by atoms with E-state index in [0.717, 1.165) is 28.4 Å². The van der Waals surface area contributed by atoms with E-state index in [1.165, 1.54) is 0 Å². The molecule has 2 aromatic rings. The monoisotopic (exact) mass is 298 g/mol. The fourth-order valence-corrected chi connectivity index (χ4v) is 2.51. The van der Waals surface area contributed by atoms with Gasteiger partial charge in [0.05, 0.1) is 21.9 Å². The summed E-state index contributed by atoms with van der Waals surface area (Å²) in [5.74, 6) is 1.80. The largest absolute Gasteiger partial charge is 0.325 e. The molecule has 1 unspecified atom stereocenters. The summed E-state index contributed by atoms with van der Waals surface area (Å²) in [4.78, 5) is 4.57. The molecular weight excluding hydrogens is 279 g/mol. The fraction of sp³-hybridized carbons (Fsp3) is 0.533. The van der Waals surface area contributed by atoms with Gasteiger partial charge in [0.15, 0.2) is 0 Å². The Morgan fingerprint density at radius 3 is 2.58 bits per heavy atom. The van der Waals surface area contributed by atoms with Crippen LogP contribution in [0.1, 0.15) is 33.5 Å². The van der Waals surface area contributed by atoms with E-state index in [4.69, 9.17) is 23.2 Å². The third-order valence-electron chi connectivity index (χ3n) is 3.85. The number of imidazole rings is 1. The predicted octanol–water partition coefficient (Wildman–Crippen LogP) is 5.11. The van der Waals surface area contributed by atoms with Gasteiger partial charge in [-0.05, 0) is 23.5 Å². The lowest BCUT2D eigenvalue weighted by molar-refractivity contribution is 0.233. The minimum atomic E-state index is 0.238. The third-order valence-corrected chi connectivity index (χ3v) is 4.39. The molecule has 0 spiro atoms. The van der Waals surface area contributed by atoms with E-state index in [1.54, 1.807) is 0 Å². The summed E-state index contributed by atoms with van der Waals surface area (Å²) in [5, 5.41) is 0.738. The van der Waals surface area contributed by atoms with E-state index in [-0.39, 0.29) is 5.41 Å². The lowest BCUT2D eigenvalue weighted by atomic mass is 9.82. The normalized spacial score (nSPS) is 14.0. The highest BCUT2D eigenvalue weighted by atomic mass is 35.5. The Kier molecular flexibility index (Phi) is 4.12. The second kappa shape index (κ2) is 5.34. The molecule has 1 atom stereocenters. The van der Waals surface area contributed by atoms with Crippen LogP contribution in [0.15, 0.2) is 18.2 Å². The van der Waals surface area contributed by atoms with Crippen LogP contribution in [0.25, 0.3) is 11.0 Å². The number of rotatable bonds is 3. The molecule has 0 amide bonds. The summed E-state index contributed by atoms with van der Waals surface area (Å²) < 4.78 is 2.17. The molecule has 19 heavy (non-hydrogen) atoms. The summed E-state index contributed by atoms with van der Waals surface area (Å²) >= 11 is 12.4. The quantitative estimate of drug-likeness (QED) is 0.720. The van der Waals surface area contributed by atoms with E-state index in [2.05, 4.69) is 37.2 Å². The molecule has 0 bridgehead atoms. The van der Waals surface area contributed by atoms with Gasteiger partial charge in [0, 0.05) is 6.54 Å². The van der Waals surface area contributed by atoms with Crippen molar-refractivity contribution in [3.63, 3.8) is 0 Å². The molecule has 0 aliphatic heterocycles. The molecule has 4 heteroatoms. The second-order valence-corrected chi connectivity index (χ2v) is 6.82. The minimum Gasteiger partial charge on any atom is -0.325 e. The highest BCUT2D eigenvalue weighted by molar-refractivity contribution is 6.35. The van der Waals surface area contributed by atoms with Gasteiger partial charge in [-0.3, -0.25) is 0 Å². The molecule has 2 rings (SSSR count). The standard InChI is InChI=1S/C15H20Cl2N2/c1-10(15(2,3)4)9-19-13(8-16)18-12-7-5-6-11(17)14(12)19/h5-7,10H,8-9H2,1-4H3. The van der Waals surface area contributed by atoms with E-state index >= 15 is 0 Å². The van der Waals surface area contributed by atoms with Crippen molar-refractivity contribution < 1.29 is 0 Å². The van der Waals surface area contributed by atoms with Gasteiger partial charge < -0.3 is 4.57 Å². The first kappa shape index (κ1) is 14.7. The van der Waals surface area contributed by atoms with Crippen LogP contribution in [-0.2, 0) is 12.4 Å². The fourth-order valence-electron chi connectivity index (χ4n) is 2.04. The van der Waals surface area contributed by atoms with Crippen LogP contribution in [0.3, 0.4) is 0 Å². The van der Waals surface area contributed by atoms with Crippen LogP contribution in [0.2, 0.25) is 5.02 Å². The first-order valence-corrected chi connectivity index (χ1v) is 7.45. The summed E-state index contributed by atoms with van der Waals surface area (Å²) in [7, 11) is 0. The maximum absolute atomic E-state index is 6.33. The van der Waals surface area contributed by atoms with E-state index in [0.29, 0.717) is 11.8 Å². The highest BCUT2D eigenvalue weighted by Crippen LogP contribution is 2.31. The Balaban J connectivity index is 2.52. The number of hydrogen-bond donors (Lipinski definition) is 0. The Morgan fingerprint density at radius 2 is 2.00 bits per heavy atom. The Bertz CT molecular complexity index is 582. The molecule has 1 aromatic heterocycles. The molecule has 0 aliphatic rings. The van der Waals surface area contributed by atoms with Gasteiger partial charge in [0.1, 0.15) is 5.82 Å². The van der Waals surface area contributed by atoms with Crippen LogP contribution in [-0.4, -0.2) is 9.55 Å². The van der Waals surface area contributed by atoms with Gasteiger partial charge in [0.2, 0.25) is 0 Å². The minimum absolute atomic E-state index is 0.238. The zero-order valence-electron chi connectivity index (χ0n) is 11.9. The van der Waals surface area contributed by atoms with Gasteiger partial charge >= 0.3 is 0 Å². The van der Waals surface area contributed by atoms with Gasteiger partial charge in [0.25, 0.3) is 0 Å². The molecule has 0 saturated carbocycles. The molecule has 0 fully saturated rings. The first-order chi connectivity index (χ1) is 8.84. The van der Waals surface area contributed by atoms with Crippen molar-refractivity contribution in [2.24, 2.45) is 11.3 Å². The lowest BCUT2D eigenvalue weighted by Crippen LogP contribution is -2.23. The van der Waals surface area contributed by atoms with Crippen molar-refractivity contribution in [2.75, 3.05) is 0 Å². The van der Waals surface area contributed by atoms with Crippen molar-refractivity contribution in [1.29, 1.82) is 0 Å². The molecule has 1 heterocycles. The number of alkyl halides is 1. The third kappa shape index (κ3) is 2.90. The molecular formula is C15H20Cl2N2. The van der Waals surface area contributed by atoms with E-state index < -0.39 is 0 Å². The predicted molar refractivity (Wildman–Crippen MR) is 82.9 cm³/mol. The molecule has 0 N–H and O–H groups in total. The summed E-state index contributed by atoms with van der Waals surface area (Å²) in [6.07, 6.45) is 0. The van der Waals surface area contributed by atoms with Crippen molar-refractivity contribution in [1.82, 2.24) is 9.55 Å². The van der Waals surface area contributed by atoms with E-state index in [9.17, 15) is 0 Å². The van der Waals surface area contributed by atoms with Gasteiger partial charge in [-0.15, -0.1) is 11.6 Å². The average molecular weight is 299 g/mol. The molecule has 104 valence electrons. The van der Waals surface area contributed by atoms with Gasteiger partial charge in [-0.1, -0.05) is 45.4 Å². The average Bonchev–Trinajstić information content (AvgIpc) is 2.67.